The van der Waals surface area contributed by atoms with Crippen LogP contribution in [0, 0.1) is 34.8 Å². The predicted octanol–water partition coefficient (Wildman–Crippen LogP) is 5.75. The molecule has 1 heterocycles. The van der Waals surface area contributed by atoms with Crippen LogP contribution in [0.3, 0.4) is 0 Å². The van der Waals surface area contributed by atoms with Gasteiger partial charge in [0.1, 0.15) is 0 Å². The first-order chi connectivity index (χ1) is 12.6. The monoisotopic (exact) mass is 616 g/mol. The average molecular weight is 620 g/mol. The maximum Gasteiger partial charge on any atom is 0.182 e. The fourth-order valence-electron chi connectivity index (χ4n) is 3.59. The number of nitriles is 1. The van der Waals surface area contributed by atoms with Gasteiger partial charge in [0, 0.05) is 16.7 Å². The van der Waals surface area contributed by atoms with E-state index in [1.165, 1.54) is 6.07 Å². The maximum absolute atomic E-state index is 14.9. The molecule has 1 aliphatic rings. The van der Waals surface area contributed by atoms with Crippen LogP contribution in [0.2, 0.25) is 0 Å². The van der Waals surface area contributed by atoms with Crippen molar-refractivity contribution in [1.82, 2.24) is 0 Å². The largest absolute Gasteiger partial charge is 0.505 e. The molecule has 0 saturated heterocycles. The Morgan fingerprint density at radius 2 is 1.67 bits per heavy atom. The second-order valence-electron chi connectivity index (χ2n) is 6.79. The van der Waals surface area contributed by atoms with Gasteiger partial charge in [-0.1, -0.05) is 0 Å². The van der Waals surface area contributed by atoms with Crippen LogP contribution in [-0.2, 0) is 0 Å². The van der Waals surface area contributed by atoms with E-state index in [1.807, 2.05) is 0 Å². The number of hydrogen-bond acceptors (Lipinski definition) is 4. The van der Waals surface area contributed by atoms with Gasteiger partial charge < -0.3 is 9.84 Å². The summed E-state index contributed by atoms with van der Waals surface area (Å²) in [5.41, 5.74) is 0. The van der Waals surface area contributed by atoms with Crippen LogP contribution < -0.4 is 4.74 Å². The van der Waals surface area contributed by atoms with Crippen molar-refractivity contribution >= 4 is 31.5 Å². The number of thiophene rings is 1. The van der Waals surface area contributed by atoms with E-state index >= 15 is 0 Å². The SMILES string of the molecule is N#CC1CCC(COc2ccc3c(sc4c(F)c(O)ccc43)c2F)CC1.[Cm]. The first-order valence-electron chi connectivity index (χ1n) is 8.63. The third-order valence-corrected chi connectivity index (χ3v) is 6.34. The molecule has 142 valence electrons. The molecule has 1 saturated carbocycles. The Bertz CT molecular complexity index is 1020. The van der Waals surface area contributed by atoms with Crippen molar-refractivity contribution in [1.29, 1.82) is 5.26 Å². The fourth-order valence-corrected chi connectivity index (χ4v) is 4.75. The Morgan fingerprint density at radius 3 is 2.33 bits per heavy atom. The quantitative estimate of drug-likeness (QED) is 0.406. The van der Waals surface area contributed by atoms with Crippen molar-refractivity contribution in [2.75, 3.05) is 6.61 Å². The number of phenols is 1. The minimum atomic E-state index is -0.722. The molecule has 0 bridgehead atoms. The van der Waals surface area contributed by atoms with E-state index in [1.54, 1.807) is 18.2 Å². The molecule has 0 spiro atoms. The van der Waals surface area contributed by atoms with Gasteiger partial charge in [-0.05, 0) is 55.9 Å². The van der Waals surface area contributed by atoms with E-state index in [-0.39, 0.29) is 16.4 Å². The second kappa shape index (κ2) is 7.08. The number of rotatable bonds is 3. The number of fused-ring (bicyclic) bond motifs is 3. The van der Waals surface area contributed by atoms with Crippen LogP contribution in [0.5, 0.6) is 11.5 Å². The van der Waals surface area contributed by atoms with Gasteiger partial charge in [0.25, 0.3) is 0 Å². The standard InChI is InChI=1S/C20H17F2NO2S.Cm/c21-17-15(24)7-5-13-14-6-8-16(18(22)20(14)26-19(13)17)25-10-12-3-1-11(9-23)2-4-12;/h5-8,11-12,24H,1-4,10H2;. The van der Waals surface area contributed by atoms with Gasteiger partial charge in [0.05, 0.1) is 22.1 Å². The van der Waals surface area contributed by atoms with E-state index in [2.05, 4.69) is 6.07 Å². The molecule has 2 aromatic carbocycles. The number of ether oxygens (including phenoxy) is 1. The van der Waals surface area contributed by atoms with Crippen molar-refractivity contribution in [2.24, 2.45) is 11.8 Å². The first-order valence-corrected chi connectivity index (χ1v) is 9.44. The molecule has 1 aromatic heterocycles. The maximum atomic E-state index is 14.9. The molecule has 0 aliphatic heterocycles. The summed E-state index contributed by atoms with van der Waals surface area (Å²) < 4.78 is 35.3. The van der Waals surface area contributed by atoms with Gasteiger partial charge in [0.2, 0.25) is 0 Å². The first kappa shape index (κ1) is 18.4. The molecule has 1 fully saturated rings. The van der Waals surface area contributed by atoms with Crippen molar-refractivity contribution in [3.8, 4) is 17.6 Å². The van der Waals surface area contributed by atoms with Crippen LogP contribution in [0.15, 0.2) is 24.3 Å². The van der Waals surface area contributed by atoms with Crippen LogP contribution >= 0.6 is 11.3 Å². The molecular weight excluding hydrogens is 603 g/mol. The normalized spacial score (nSPS) is 19.6. The van der Waals surface area contributed by atoms with Crippen molar-refractivity contribution < 1.29 is 18.6 Å². The number of hydrogen-bond donors (Lipinski definition) is 1. The average Bonchev–Trinajstić information content (AvgIpc) is 3.05. The third kappa shape index (κ3) is 3.11. The molecule has 0 radical (unpaired) electrons. The van der Waals surface area contributed by atoms with Gasteiger partial charge in [-0.2, -0.15) is 5.26 Å². The summed E-state index contributed by atoms with van der Waals surface area (Å²) in [6.45, 7) is 0.417. The van der Waals surface area contributed by atoms with Crippen molar-refractivity contribution in [3.05, 3.63) is 35.9 Å². The summed E-state index contributed by atoms with van der Waals surface area (Å²) in [5.74, 6) is -1.03. The second-order valence-corrected chi connectivity index (χ2v) is 7.81. The zero-order valence-corrected chi connectivity index (χ0v) is 18.1. The molecular formula is C20H17CmF2NO2S. The summed E-state index contributed by atoms with van der Waals surface area (Å²) in [5, 5.41) is 19.7. The van der Waals surface area contributed by atoms with Crippen molar-refractivity contribution in [3.63, 3.8) is 0 Å². The minimum absolute atomic E-state index is 0. The summed E-state index contributed by atoms with van der Waals surface area (Å²) in [6.07, 6.45) is 3.56. The molecule has 27 heavy (non-hydrogen) atoms. The third-order valence-electron chi connectivity index (χ3n) is 5.14. The molecule has 7 heteroatoms. The van der Waals surface area contributed by atoms with Gasteiger partial charge in [-0.25, -0.2) is 8.78 Å². The summed E-state index contributed by atoms with van der Waals surface area (Å²) in [4.78, 5) is 0. The molecule has 4 rings (SSSR count). The number of phenolic OH excluding ortho intramolecular Hbond substituents is 1. The number of nitrogens with zero attached hydrogens (tertiary/aromatic N) is 1. The Kier molecular flexibility index (Phi) is 4.83. The molecule has 0 amide bonds. The van der Waals surface area contributed by atoms with Crippen LogP contribution in [-0.4, -0.2) is 11.7 Å². The molecule has 3 aromatic rings. The van der Waals surface area contributed by atoms with Gasteiger partial charge in [0.15, 0.2) is 23.1 Å². The topological polar surface area (TPSA) is 53.2 Å². The zero-order valence-electron chi connectivity index (χ0n) is 14.3. The molecule has 0 unspecified atom stereocenters. The Morgan fingerprint density at radius 1 is 1.04 bits per heavy atom. The fraction of sp³-hybridized carbons (Fsp3) is 0.350. The van der Waals surface area contributed by atoms with E-state index in [9.17, 15) is 13.9 Å². The van der Waals surface area contributed by atoms with Gasteiger partial charge >= 0.3 is 0 Å². The molecule has 3 nitrogen and oxygen atoms in total. The van der Waals surface area contributed by atoms with Crippen molar-refractivity contribution in [2.45, 2.75) is 25.7 Å². The Balaban J connectivity index is 0.00000210. The number of aromatic hydroxyl groups is 1. The van der Waals surface area contributed by atoms with E-state index in [4.69, 9.17) is 10.00 Å². The number of halogens is 2. The molecule has 1 N–H and O–H groups in total. The predicted molar refractivity (Wildman–Crippen MR) is 97.5 cm³/mol. The van der Waals surface area contributed by atoms with Gasteiger partial charge in [-0.3, -0.25) is 0 Å². The Hall–Kier alpha value is -3.39. The smallest absolute Gasteiger partial charge is 0.182 e. The number of benzene rings is 2. The molecule has 1 aliphatic carbocycles. The zero-order chi connectivity index (χ0) is 18.3. The summed E-state index contributed by atoms with van der Waals surface area (Å²) in [6, 6.07) is 8.49. The van der Waals surface area contributed by atoms with Crippen LogP contribution in [0.1, 0.15) is 25.7 Å². The summed E-state index contributed by atoms with van der Waals surface area (Å²) in [7, 11) is 0. The minimum Gasteiger partial charge on any atom is -0.505 e. The van der Waals surface area contributed by atoms with Crippen LogP contribution in [0.4, 0.5) is 8.78 Å². The van der Waals surface area contributed by atoms with Gasteiger partial charge in [-0.15, -0.1) is 11.3 Å². The summed E-state index contributed by atoms with van der Waals surface area (Å²) >= 11 is 0.982. The Labute approximate surface area is 153 Å². The molecule has 0 atom stereocenters. The van der Waals surface area contributed by atoms with E-state index < -0.39 is 17.4 Å². The van der Waals surface area contributed by atoms with E-state index in [0.717, 1.165) is 37.0 Å². The van der Waals surface area contributed by atoms with E-state index in [0.29, 0.717) is 28.0 Å². The van der Waals surface area contributed by atoms with Crippen LogP contribution in [0.25, 0.3) is 20.2 Å².